The van der Waals surface area contributed by atoms with E-state index in [1.54, 1.807) is 0 Å². The maximum Gasteiger partial charge on any atom is 0.219 e. The van der Waals surface area contributed by atoms with E-state index in [0.29, 0.717) is 6.42 Å². The van der Waals surface area contributed by atoms with Crippen LogP contribution in [0.3, 0.4) is 0 Å². The van der Waals surface area contributed by atoms with Crippen molar-refractivity contribution in [2.75, 3.05) is 45.8 Å². The van der Waals surface area contributed by atoms with E-state index in [0.717, 1.165) is 84.3 Å². The fraction of sp³-hybridized carbons (Fsp3) is 0.933. The number of rotatable bonds is 16. The van der Waals surface area contributed by atoms with Gasteiger partial charge < -0.3 is 27.4 Å². The van der Waals surface area contributed by atoms with Crippen LogP contribution >= 0.6 is 0 Å². The molecule has 0 rings (SSSR count). The monoisotopic (exact) mass is 301 g/mol. The predicted molar refractivity (Wildman–Crippen MR) is 89.2 cm³/mol. The first-order chi connectivity index (χ1) is 10.3. The van der Waals surface area contributed by atoms with Gasteiger partial charge in [0.1, 0.15) is 0 Å². The van der Waals surface area contributed by atoms with Crippen LogP contribution in [0.4, 0.5) is 0 Å². The molecule has 21 heavy (non-hydrogen) atoms. The smallest absolute Gasteiger partial charge is 0.219 e. The second-order valence-corrected chi connectivity index (χ2v) is 5.30. The van der Waals surface area contributed by atoms with E-state index in [1.807, 2.05) is 0 Å². The maximum atomic E-state index is 11.5. The molecule has 126 valence electrons. The highest BCUT2D eigenvalue weighted by atomic mass is 16.1. The molecule has 0 radical (unpaired) electrons. The SMILES string of the molecule is NCCCCCC(=O)NCCCNCCCNCCCN. The molecule has 0 saturated carbocycles. The highest BCUT2D eigenvalue weighted by Crippen LogP contribution is 1.97. The largest absolute Gasteiger partial charge is 0.356 e. The predicted octanol–water partition coefficient (Wildman–Crippen LogP) is -0.0701. The maximum absolute atomic E-state index is 11.5. The van der Waals surface area contributed by atoms with Crippen LogP contribution in [0.25, 0.3) is 0 Å². The van der Waals surface area contributed by atoms with Crippen molar-refractivity contribution < 1.29 is 4.79 Å². The lowest BCUT2D eigenvalue weighted by atomic mass is 10.2. The molecule has 6 heteroatoms. The van der Waals surface area contributed by atoms with E-state index < -0.39 is 0 Å². The number of amides is 1. The van der Waals surface area contributed by atoms with Gasteiger partial charge in [-0.1, -0.05) is 6.42 Å². The molecule has 0 aromatic rings. The molecule has 0 aromatic heterocycles. The lowest BCUT2D eigenvalue weighted by molar-refractivity contribution is -0.121. The van der Waals surface area contributed by atoms with Crippen molar-refractivity contribution in [2.45, 2.75) is 44.9 Å². The van der Waals surface area contributed by atoms with E-state index in [-0.39, 0.29) is 5.91 Å². The van der Waals surface area contributed by atoms with E-state index in [2.05, 4.69) is 16.0 Å². The Bertz CT molecular complexity index is 226. The summed E-state index contributed by atoms with van der Waals surface area (Å²) in [4.78, 5) is 11.5. The van der Waals surface area contributed by atoms with Crippen molar-refractivity contribution in [1.29, 1.82) is 0 Å². The highest BCUT2D eigenvalue weighted by Gasteiger charge is 1.99. The molecule has 0 aromatic carbocycles. The van der Waals surface area contributed by atoms with Crippen LogP contribution in [0.15, 0.2) is 0 Å². The molecule has 6 nitrogen and oxygen atoms in total. The Morgan fingerprint density at radius 2 is 1.24 bits per heavy atom. The first-order valence-electron chi connectivity index (χ1n) is 8.39. The molecule has 0 unspecified atom stereocenters. The third-order valence-electron chi connectivity index (χ3n) is 3.23. The van der Waals surface area contributed by atoms with Gasteiger partial charge in [-0.05, 0) is 71.4 Å². The Kier molecular flexibility index (Phi) is 16.8. The Hall–Kier alpha value is -0.690. The van der Waals surface area contributed by atoms with Crippen molar-refractivity contribution in [3.63, 3.8) is 0 Å². The van der Waals surface area contributed by atoms with E-state index in [1.165, 1.54) is 0 Å². The molecule has 7 N–H and O–H groups in total. The van der Waals surface area contributed by atoms with E-state index in [9.17, 15) is 4.79 Å². The van der Waals surface area contributed by atoms with Crippen molar-refractivity contribution in [1.82, 2.24) is 16.0 Å². The van der Waals surface area contributed by atoms with Gasteiger partial charge in [0.05, 0.1) is 0 Å². The molecule has 0 aliphatic rings. The third-order valence-corrected chi connectivity index (χ3v) is 3.23. The molecule has 0 aliphatic carbocycles. The fourth-order valence-electron chi connectivity index (χ4n) is 1.95. The summed E-state index contributed by atoms with van der Waals surface area (Å²) >= 11 is 0. The first kappa shape index (κ1) is 20.3. The van der Waals surface area contributed by atoms with Crippen LogP contribution < -0.4 is 27.4 Å². The third kappa shape index (κ3) is 17.3. The lowest BCUT2D eigenvalue weighted by Gasteiger charge is -2.07. The Labute approximate surface area is 129 Å². The molecule has 0 aliphatic heterocycles. The summed E-state index contributed by atoms with van der Waals surface area (Å²) in [6.07, 6.45) is 6.77. The highest BCUT2D eigenvalue weighted by molar-refractivity contribution is 5.75. The first-order valence-corrected chi connectivity index (χ1v) is 8.39. The minimum absolute atomic E-state index is 0.163. The van der Waals surface area contributed by atoms with Gasteiger partial charge in [-0.3, -0.25) is 4.79 Å². The summed E-state index contributed by atoms with van der Waals surface area (Å²) in [5.74, 6) is 0.163. The number of unbranched alkanes of at least 4 members (excludes halogenated alkanes) is 2. The fourth-order valence-corrected chi connectivity index (χ4v) is 1.95. The summed E-state index contributed by atoms with van der Waals surface area (Å²) < 4.78 is 0. The van der Waals surface area contributed by atoms with Gasteiger partial charge in [0.15, 0.2) is 0 Å². The van der Waals surface area contributed by atoms with Crippen LogP contribution in [0.2, 0.25) is 0 Å². The number of hydrogen-bond acceptors (Lipinski definition) is 5. The molecule has 1 amide bonds. The zero-order valence-corrected chi connectivity index (χ0v) is 13.5. The molecule has 0 fully saturated rings. The second kappa shape index (κ2) is 17.4. The van der Waals surface area contributed by atoms with E-state index in [4.69, 9.17) is 11.5 Å². The molecule has 0 atom stereocenters. The number of hydrogen-bond donors (Lipinski definition) is 5. The quantitative estimate of drug-likeness (QED) is 0.257. The van der Waals surface area contributed by atoms with Crippen LogP contribution in [0, 0.1) is 0 Å². The molecule has 0 heterocycles. The summed E-state index contributed by atoms with van der Waals surface area (Å²) in [5.41, 5.74) is 10.8. The summed E-state index contributed by atoms with van der Waals surface area (Å²) in [5, 5.41) is 9.68. The summed E-state index contributed by atoms with van der Waals surface area (Å²) in [6.45, 7) is 6.25. The van der Waals surface area contributed by atoms with Gasteiger partial charge in [-0.15, -0.1) is 0 Å². The van der Waals surface area contributed by atoms with Crippen LogP contribution in [-0.2, 0) is 4.79 Å². The van der Waals surface area contributed by atoms with Crippen molar-refractivity contribution in [3.8, 4) is 0 Å². The minimum atomic E-state index is 0.163. The van der Waals surface area contributed by atoms with Crippen LogP contribution in [0.5, 0.6) is 0 Å². The van der Waals surface area contributed by atoms with Gasteiger partial charge in [0.25, 0.3) is 0 Å². The van der Waals surface area contributed by atoms with Crippen molar-refractivity contribution in [2.24, 2.45) is 11.5 Å². The summed E-state index contributed by atoms with van der Waals surface area (Å²) in [6, 6.07) is 0. The van der Waals surface area contributed by atoms with Crippen molar-refractivity contribution in [3.05, 3.63) is 0 Å². The Morgan fingerprint density at radius 3 is 1.86 bits per heavy atom. The number of carbonyl (C=O) groups excluding carboxylic acids is 1. The molecular formula is C15H35N5O. The average molecular weight is 301 g/mol. The van der Waals surface area contributed by atoms with Gasteiger partial charge in [0.2, 0.25) is 5.91 Å². The van der Waals surface area contributed by atoms with Crippen molar-refractivity contribution >= 4 is 5.91 Å². The van der Waals surface area contributed by atoms with Gasteiger partial charge in [-0.25, -0.2) is 0 Å². The zero-order valence-electron chi connectivity index (χ0n) is 13.5. The number of nitrogens with two attached hydrogens (primary N) is 2. The van der Waals surface area contributed by atoms with Crippen LogP contribution in [-0.4, -0.2) is 51.7 Å². The summed E-state index contributed by atoms with van der Waals surface area (Å²) in [7, 11) is 0. The lowest BCUT2D eigenvalue weighted by Crippen LogP contribution is -2.28. The normalized spacial score (nSPS) is 10.8. The minimum Gasteiger partial charge on any atom is -0.356 e. The van der Waals surface area contributed by atoms with E-state index >= 15 is 0 Å². The number of nitrogens with one attached hydrogen (secondary N) is 3. The zero-order chi connectivity index (χ0) is 15.6. The van der Waals surface area contributed by atoms with Gasteiger partial charge in [0, 0.05) is 13.0 Å². The number of carbonyl (C=O) groups is 1. The molecular weight excluding hydrogens is 266 g/mol. The topological polar surface area (TPSA) is 105 Å². The molecule has 0 saturated heterocycles. The Balaban J connectivity index is 3.09. The average Bonchev–Trinajstić information content (AvgIpc) is 2.49. The molecule has 0 spiro atoms. The van der Waals surface area contributed by atoms with Crippen LogP contribution in [0.1, 0.15) is 44.9 Å². The second-order valence-electron chi connectivity index (χ2n) is 5.30. The van der Waals surface area contributed by atoms with Gasteiger partial charge in [-0.2, -0.15) is 0 Å². The Morgan fingerprint density at radius 1 is 0.667 bits per heavy atom. The molecule has 0 bridgehead atoms. The standard InChI is InChI=1S/C15H35N5O/c16-8-3-1-2-7-15(21)20-14-6-13-19-12-5-11-18-10-4-9-17/h18-19H,1-14,16-17H2,(H,20,21). The van der Waals surface area contributed by atoms with Gasteiger partial charge >= 0.3 is 0 Å².